The van der Waals surface area contributed by atoms with Crippen LogP contribution in [0.15, 0.2) is 96.7 Å². The first-order valence-corrected chi connectivity index (χ1v) is 10.6. The number of benzene rings is 4. The zero-order valence-corrected chi connectivity index (χ0v) is 18.5. The molecule has 5 nitrogen and oxygen atoms in total. The van der Waals surface area contributed by atoms with Crippen LogP contribution < -0.4 is 15.4 Å². The normalized spacial score (nSPS) is 11.2. The molecule has 4 aromatic carbocycles. The first-order chi connectivity index (χ1) is 16.0. The third-order valence-electron chi connectivity index (χ3n) is 5.24. The van der Waals surface area contributed by atoms with Crippen molar-refractivity contribution >= 4 is 34.4 Å². The Hall–Kier alpha value is -4.38. The van der Waals surface area contributed by atoms with Crippen molar-refractivity contribution in [2.45, 2.75) is 6.92 Å². The molecule has 0 aliphatic heterocycles. The lowest BCUT2D eigenvalue weighted by molar-refractivity contribution is -0.113. The van der Waals surface area contributed by atoms with E-state index in [-0.39, 0.29) is 11.6 Å². The lowest BCUT2D eigenvalue weighted by Crippen LogP contribution is -2.30. The number of amides is 2. The number of methoxy groups -OCH3 is 1. The third kappa shape index (κ3) is 5.28. The van der Waals surface area contributed by atoms with Crippen LogP contribution in [0.5, 0.6) is 5.75 Å². The zero-order chi connectivity index (χ0) is 23.2. The summed E-state index contributed by atoms with van der Waals surface area (Å²) in [6.07, 6.45) is 1.70. The van der Waals surface area contributed by atoms with Gasteiger partial charge in [-0.3, -0.25) is 9.59 Å². The zero-order valence-electron chi connectivity index (χ0n) is 18.5. The van der Waals surface area contributed by atoms with Crippen LogP contribution in [0.2, 0.25) is 0 Å². The van der Waals surface area contributed by atoms with Crippen LogP contribution in [-0.2, 0) is 4.79 Å². The molecule has 0 radical (unpaired) electrons. The van der Waals surface area contributed by atoms with E-state index in [2.05, 4.69) is 10.6 Å². The Morgan fingerprint density at radius 1 is 0.848 bits per heavy atom. The van der Waals surface area contributed by atoms with Crippen molar-refractivity contribution in [1.82, 2.24) is 5.32 Å². The quantitative estimate of drug-likeness (QED) is 0.389. The molecule has 0 aliphatic rings. The van der Waals surface area contributed by atoms with Crippen LogP contribution in [0.25, 0.3) is 16.8 Å². The summed E-state index contributed by atoms with van der Waals surface area (Å²) in [6.45, 7) is 1.95. The van der Waals surface area contributed by atoms with E-state index in [1.807, 2.05) is 73.7 Å². The second-order valence-corrected chi connectivity index (χ2v) is 7.63. The minimum atomic E-state index is -0.407. The number of carbonyl (C=O) groups is 2. The van der Waals surface area contributed by atoms with Crippen LogP contribution in [0.4, 0.5) is 5.69 Å². The van der Waals surface area contributed by atoms with E-state index in [4.69, 9.17) is 4.74 Å². The summed E-state index contributed by atoms with van der Waals surface area (Å²) >= 11 is 0. The number of carbonyl (C=O) groups excluding carboxylic acids is 2. The van der Waals surface area contributed by atoms with Gasteiger partial charge in [-0.25, -0.2) is 0 Å². The number of hydrogen-bond acceptors (Lipinski definition) is 3. The molecule has 0 unspecified atom stereocenters. The van der Waals surface area contributed by atoms with E-state index in [1.165, 1.54) is 0 Å². The highest BCUT2D eigenvalue weighted by molar-refractivity contribution is 6.11. The highest BCUT2D eigenvalue weighted by Crippen LogP contribution is 2.21. The van der Waals surface area contributed by atoms with Gasteiger partial charge in [0.1, 0.15) is 11.4 Å². The van der Waals surface area contributed by atoms with Gasteiger partial charge in [0.25, 0.3) is 11.8 Å². The molecule has 0 saturated carbocycles. The van der Waals surface area contributed by atoms with Crippen molar-refractivity contribution < 1.29 is 14.3 Å². The van der Waals surface area contributed by atoms with Crippen LogP contribution in [-0.4, -0.2) is 18.9 Å². The summed E-state index contributed by atoms with van der Waals surface area (Å²) in [5.74, 6) is -0.144. The van der Waals surface area contributed by atoms with Gasteiger partial charge in [-0.05, 0) is 71.3 Å². The molecule has 4 aromatic rings. The first-order valence-electron chi connectivity index (χ1n) is 10.6. The van der Waals surface area contributed by atoms with Gasteiger partial charge in [-0.2, -0.15) is 0 Å². The van der Waals surface area contributed by atoms with E-state index in [1.54, 1.807) is 37.5 Å². The molecule has 0 bridgehead atoms. The second-order valence-electron chi connectivity index (χ2n) is 7.63. The Labute approximate surface area is 192 Å². The van der Waals surface area contributed by atoms with Crippen molar-refractivity contribution in [3.05, 3.63) is 113 Å². The maximum Gasteiger partial charge on any atom is 0.272 e. The lowest BCUT2D eigenvalue weighted by Gasteiger charge is -2.13. The average molecular weight is 437 g/mol. The van der Waals surface area contributed by atoms with Crippen molar-refractivity contribution in [3.63, 3.8) is 0 Å². The fourth-order valence-electron chi connectivity index (χ4n) is 3.55. The summed E-state index contributed by atoms with van der Waals surface area (Å²) in [4.78, 5) is 26.2. The highest BCUT2D eigenvalue weighted by Gasteiger charge is 2.16. The standard InChI is InChI=1S/C28H24N2O3/c1-19-7-5-11-23(17-19)29-28(32)26(30-27(31)21-13-15-24(33-2)16-14-21)18-22-10-6-9-20-8-3-4-12-25(20)22/h3-18H,1-2H3,(H,29,32)(H,30,31). The van der Waals surface area contributed by atoms with Gasteiger partial charge in [-0.15, -0.1) is 0 Å². The van der Waals surface area contributed by atoms with Crippen molar-refractivity contribution in [3.8, 4) is 5.75 Å². The monoisotopic (exact) mass is 436 g/mol. The third-order valence-corrected chi connectivity index (χ3v) is 5.24. The van der Waals surface area contributed by atoms with Crippen molar-refractivity contribution in [2.75, 3.05) is 12.4 Å². The Balaban J connectivity index is 1.69. The number of hydrogen-bond donors (Lipinski definition) is 2. The van der Waals surface area contributed by atoms with E-state index in [0.717, 1.165) is 21.9 Å². The van der Waals surface area contributed by atoms with Crippen molar-refractivity contribution in [1.29, 1.82) is 0 Å². The van der Waals surface area contributed by atoms with Crippen molar-refractivity contribution in [2.24, 2.45) is 0 Å². The molecule has 33 heavy (non-hydrogen) atoms. The van der Waals surface area contributed by atoms with E-state index < -0.39 is 5.91 Å². The maximum absolute atomic E-state index is 13.2. The molecule has 2 amide bonds. The van der Waals surface area contributed by atoms with Crippen LogP contribution in [0.3, 0.4) is 0 Å². The summed E-state index contributed by atoms with van der Waals surface area (Å²) in [6, 6.07) is 28.0. The van der Waals surface area contributed by atoms with E-state index in [9.17, 15) is 9.59 Å². The molecule has 0 atom stereocenters. The Morgan fingerprint density at radius 2 is 1.58 bits per heavy atom. The Morgan fingerprint density at radius 3 is 2.33 bits per heavy atom. The molecule has 0 spiro atoms. The molecule has 5 heteroatoms. The number of aryl methyl sites for hydroxylation is 1. The van der Waals surface area contributed by atoms with Gasteiger partial charge in [0.05, 0.1) is 7.11 Å². The minimum Gasteiger partial charge on any atom is -0.497 e. The van der Waals surface area contributed by atoms with Crippen LogP contribution in [0.1, 0.15) is 21.5 Å². The van der Waals surface area contributed by atoms with Crippen LogP contribution >= 0.6 is 0 Å². The molecular formula is C28H24N2O3. The predicted molar refractivity (Wildman–Crippen MR) is 132 cm³/mol. The molecule has 0 heterocycles. The smallest absolute Gasteiger partial charge is 0.272 e. The Kier molecular flexibility index (Phi) is 6.51. The summed E-state index contributed by atoms with van der Waals surface area (Å²) in [5, 5.41) is 7.71. The molecule has 0 fully saturated rings. The van der Waals surface area contributed by atoms with E-state index >= 15 is 0 Å². The second kappa shape index (κ2) is 9.83. The van der Waals surface area contributed by atoms with E-state index in [0.29, 0.717) is 17.0 Å². The maximum atomic E-state index is 13.2. The lowest BCUT2D eigenvalue weighted by atomic mass is 10.0. The Bertz CT molecular complexity index is 1340. The van der Waals surface area contributed by atoms with Gasteiger partial charge < -0.3 is 15.4 Å². The fourth-order valence-corrected chi connectivity index (χ4v) is 3.55. The summed E-state index contributed by atoms with van der Waals surface area (Å²) in [7, 11) is 1.57. The number of rotatable bonds is 6. The molecule has 2 N–H and O–H groups in total. The van der Waals surface area contributed by atoms with Gasteiger partial charge >= 0.3 is 0 Å². The number of nitrogens with one attached hydrogen (secondary N) is 2. The van der Waals surface area contributed by atoms with Gasteiger partial charge in [0.15, 0.2) is 0 Å². The summed E-state index contributed by atoms with van der Waals surface area (Å²) in [5.41, 5.74) is 3.08. The number of fused-ring (bicyclic) bond motifs is 1. The fraction of sp³-hybridized carbons (Fsp3) is 0.0714. The molecule has 0 aliphatic carbocycles. The van der Waals surface area contributed by atoms with Gasteiger partial charge in [0, 0.05) is 11.3 Å². The molecule has 164 valence electrons. The topological polar surface area (TPSA) is 67.4 Å². The first kappa shape index (κ1) is 21.8. The predicted octanol–water partition coefficient (Wildman–Crippen LogP) is 5.57. The van der Waals surface area contributed by atoms with Crippen LogP contribution in [0, 0.1) is 6.92 Å². The molecule has 0 saturated heterocycles. The molecule has 0 aromatic heterocycles. The number of anilines is 1. The highest BCUT2D eigenvalue weighted by atomic mass is 16.5. The molecule has 4 rings (SSSR count). The molecular weight excluding hydrogens is 412 g/mol. The minimum absolute atomic E-state index is 0.147. The average Bonchev–Trinajstić information content (AvgIpc) is 2.84. The largest absolute Gasteiger partial charge is 0.497 e. The SMILES string of the molecule is COc1ccc(C(=O)NC(=Cc2cccc3ccccc23)C(=O)Nc2cccc(C)c2)cc1. The summed E-state index contributed by atoms with van der Waals surface area (Å²) < 4.78 is 5.16. The van der Waals surface area contributed by atoms with Gasteiger partial charge in [-0.1, -0.05) is 54.6 Å². The van der Waals surface area contributed by atoms with Gasteiger partial charge in [0.2, 0.25) is 0 Å². The number of ether oxygens (including phenoxy) is 1.